The maximum atomic E-state index is 13.3. The molecule has 2 aromatic rings. The molecular weight excluding hydrogens is 349 g/mol. The highest BCUT2D eigenvalue weighted by Crippen LogP contribution is 2.27. The number of likely N-dealkylation sites (N-methyl/N-ethyl adjacent to an activating group) is 1. The number of nitrogens with one attached hydrogen (secondary N) is 1. The average molecular weight is 373 g/mol. The number of nitrogens with zero attached hydrogens (tertiary/aromatic N) is 2. The van der Waals surface area contributed by atoms with E-state index in [1.165, 1.54) is 12.1 Å². The molecule has 0 spiro atoms. The van der Waals surface area contributed by atoms with Crippen LogP contribution in [0.5, 0.6) is 0 Å². The molecule has 0 saturated carbocycles. The van der Waals surface area contributed by atoms with Gasteiger partial charge in [0.05, 0.1) is 5.69 Å². The minimum absolute atomic E-state index is 0.243. The molecule has 1 amide bonds. The van der Waals surface area contributed by atoms with Gasteiger partial charge >= 0.3 is 5.97 Å². The Kier molecular flexibility index (Phi) is 5.88. The van der Waals surface area contributed by atoms with Gasteiger partial charge in [-0.3, -0.25) is 4.79 Å². The van der Waals surface area contributed by atoms with Gasteiger partial charge in [0, 0.05) is 17.8 Å². The molecule has 1 N–H and O–H groups in total. The molecule has 0 fully saturated rings. The van der Waals surface area contributed by atoms with Gasteiger partial charge in [-0.15, -0.1) is 0 Å². The molecule has 1 aromatic carbocycles. The summed E-state index contributed by atoms with van der Waals surface area (Å²) in [5.74, 6) is -1.27. The SMILES string of the molecule is CCNC(=O)[C@@H](C)OC(=O)c1nn(-c2ccc(F)cc2)c2c1CCCCC2. The molecule has 1 heterocycles. The summed E-state index contributed by atoms with van der Waals surface area (Å²) in [6, 6.07) is 6.02. The van der Waals surface area contributed by atoms with Crippen molar-refractivity contribution in [1.82, 2.24) is 15.1 Å². The van der Waals surface area contributed by atoms with E-state index < -0.39 is 12.1 Å². The van der Waals surface area contributed by atoms with Crippen LogP contribution in [-0.4, -0.2) is 34.3 Å². The standard InChI is InChI=1S/C20H24FN3O3/c1-3-22-19(25)13(2)27-20(26)18-16-7-5-4-6-8-17(16)24(23-18)15-11-9-14(21)10-12-15/h9-13H,3-8H2,1-2H3,(H,22,25)/t13-/m1/s1. The summed E-state index contributed by atoms with van der Waals surface area (Å²) in [6.07, 6.45) is 3.67. The quantitative estimate of drug-likeness (QED) is 0.646. The Morgan fingerprint density at radius 1 is 1.22 bits per heavy atom. The van der Waals surface area contributed by atoms with E-state index in [9.17, 15) is 14.0 Å². The average Bonchev–Trinajstić information content (AvgIpc) is 2.84. The number of carbonyl (C=O) groups is 2. The first-order valence-electron chi connectivity index (χ1n) is 9.36. The Balaban J connectivity index is 1.94. The fourth-order valence-corrected chi connectivity index (χ4v) is 3.32. The number of amides is 1. The predicted molar refractivity (Wildman–Crippen MR) is 98.3 cm³/mol. The maximum absolute atomic E-state index is 13.3. The lowest BCUT2D eigenvalue weighted by atomic mass is 10.1. The summed E-state index contributed by atoms with van der Waals surface area (Å²) in [6.45, 7) is 3.81. The fourth-order valence-electron chi connectivity index (χ4n) is 3.32. The maximum Gasteiger partial charge on any atom is 0.359 e. The van der Waals surface area contributed by atoms with Crippen molar-refractivity contribution < 1.29 is 18.7 Å². The third-order valence-electron chi connectivity index (χ3n) is 4.70. The lowest BCUT2D eigenvalue weighted by molar-refractivity contribution is -0.128. The molecule has 0 unspecified atom stereocenters. The van der Waals surface area contributed by atoms with Crippen LogP contribution in [0.25, 0.3) is 5.69 Å². The molecule has 3 rings (SSSR count). The molecule has 7 heteroatoms. The van der Waals surface area contributed by atoms with E-state index in [2.05, 4.69) is 10.4 Å². The number of rotatable bonds is 5. The van der Waals surface area contributed by atoms with Crippen LogP contribution in [0.15, 0.2) is 24.3 Å². The van der Waals surface area contributed by atoms with E-state index >= 15 is 0 Å². The van der Waals surface area contributed by atoms with E-state index in [0.29, 0.717) is 12.2 Å². The van der Waals surface area contributed by atoms with E-state index in [4.69, 9.17) is 4.74 Å². The Morgan fingerprint density at radius 2 is 1.93 bits per heavy atom. The topological polar surface area (TPSA) is 73.2 Å². The van der Waals surface area contributed by atoms with Crippen molar-refractivity contribution in [3.05, 3.63) is 47.0 Å². The number of fused-ring (bicyclic) bond motifs is 1. The van der Waals surface area contributed by atoms with Gasteiger partial charge in [-0.05, 0) is 63.8 Å². The zero-order valence-electron chi connectivity index (χ0n) is 15.6. The summed E-state index contributed by atoms with van der Waals surface area (Å²) in [4.78, 5) is 24.6. The Morgan fingerprint density at radius 3 is 2.63 bits per heavy atom. The fraction of sp³-hybridized carbons (Fsp3) is 0.450. The minimum Gasteiger partial charge on any atom is -0.448 e. The van der Waals surface area contributed by atoms with Gasteiger partial charge in [0.1, 0.15) is 5.82 Å². The number of benzene rings is 1. The molecule has 0 bridgehead atoms. The number of esters is 1. The summed E-state index contributed by atoms with van der Waals surface area (Å²) in [5.41, 5.74) is 2.76. The zero-order valence-corrected chi connectivity index (χ0v) is 15.6. The van der Waals surface area contributed by atoms with Crippen molar-refractivity contribution in [3.8, 4) is 5.69 Å². The van der Waals surface area contributed by atoms with E-state index in [0.717, 1.165) is 43.4 Å². The Bertz CT molecular complexity index is 830. The van der Waals surface area contributed by atoms with Crippen LogP contribution in [0.1, 0.15) is 54.9 Å². The number of carbonyl (C=O) groups excluding carboxylic acids is 2. The third kappa shape index (κ3) is 4.18. The van der Waals surface area contributed by atoms with Gasteiger partial charge < -0.3 is 10.1 Å². The summed E-state index contributed by atoms with van der Waals surface area (Å²) < 4.78 is 20.3. The molecule has 0 aliphatic heterocycles. The second-order valence-corrected chi connectivity index (χ2v) is 6.66. The largest absolute Gasteiger partial charge is 0.448 e. The van der Waals surface area contributed by atoms with Gasteiger partial charge in [-0.25, -0.2) is 13.9 Å². The number of halogens is 1. The van der Waals surface area contributed by atoms with E-state index in [-0.39, 0.29) is 17.4 Å². The van der Waals surface area contributed by atoms with E-state index in [1.54, 1.807) is 30.7 Å². The molecule has 0 saturated heterocycles. The van der Waals surface area contributed by atoms with Crippen molar-refractivity contribution in [2.75, 3.05) is 6.54 Å². The summed E-state index contributed by atoms with van der Waals surface area (Å²) in [5, 5.41) is 7.11. The van der Waals surface area contributed by atoms with Crippen molar-refractivity contribution in [1.29, 1.82) is 0 Å². The Hall–Kier alpha value is -2.70. The first-order valence-corrected chi connectivity index (χ1v) is 9.36. The first kappa shape index (κ1) is 19.1. The van der Waals surface area contributed by atoms with Crippen LogP contribution in [0.3, 0.4) is 0 Å². The van der Waals surface area contributed by atoms with Crippen molar-refractivity contribution in [2.24, 2.45) is 0 Å². The van der Waals surface area contributed by atoms with Gasteiger partial charge in [-0.1, -0.05) is 6.42 Å². The molecule has 144 valence electrons. The van der Waals surface area contributed by atoms with Crippen molar-refractivity contribution in [3.63, 3.8) is 0 Å². The highest BCUT2D eigenvalue weighted by Gasteiger charge is 2.28. The highest BCUT2D eigenvalue weighted by atomic mass is 19.1. The predicted octanol–water partition coefficient (Wildman–Crippen LogP) is 2.96. The number of hydrogen-bond donors (Lipinski definition) is 1. The van der Waals surface area contributed by atoms with Crippen LogP contribution >= 0.6 is 0 Å². The molecule has 0 radical (unpaired) electrons. The summed E-state index contributed by atoms with van der Waals surface area (Å²) >= 11 is 0. The third-order valence-corrected chi connectivity index (χ3v) is 4.70. The van der Waals surface area contributed by atoms with Crippen LogP contribution in [0, 0.1) is 5.82 Å². The molecule has 1 aromatic heterocycles. The molecule has 6 nitrogen and oxygen atoms in total. The Labute approximate surface area is 157 Å². The molecule has 1 aliphatic rings. The van der Waals surface area contributed by atoms with Crippen LogP contribution < -0.4 is 5.32 Å². The second kappa shape index (κ2) is 8.33. The smallest absolute Gasteiger partial charge is 0.359 e. The lowest BCUT2D eigenvalue weighted by Gasteiger charge is -2.12. The van der Waals surface area contributed by atoms with Crippen molar-refractivity contribution >= 4 is 11.9 Å². The van der Waals surface area contributed by atoms with Crippen LogP contribution in [0.2, 0.25) is 0 Å². The number of ether oxygens (including phenoxy) is 1. The lowest BCUT2D eigenvalue weighted by Crippen LogP contribution is -2.35. The normalized spacial score (nSPS) is 14.8. The number of hydrogen-bond acceptors (Lipinski definition) is 4. The first-order chi connectivity index (χ1) is 13.0. The van der Waals surface area contributed by atoms with Crippen LogP contribution in [-0.2, 0) is 22.4 Å². The minimum atomic E-state index is -0.894. The van der Waals surface area contributed by atoms with Gasteiger partial charge in [0.2, 0.25) is 0 Å². The molecular formula is C20H24FN3O3. The van der Waals surface area contributed by atoms with Gasteiger partial charge in [0.15, 0.2) is 11.8 Å². The zero-order chi connectivity index (χ0) is 19.4. The summed E-state index contributed by atoms with van der Waals surface area (Å²) in [7, 11) is 0. The molecule has 1 aliphatic carbocycles. The second-order valence-electron chi connectivity index (χ2n) is 6.66. The van der Waals surface area contributed by atoms with Gasteiger partial charge in [0.25, 0.3) is 5.91 Å². The molecule has 27 heavy (non-hydrogen) atoms. The van der Waals surface area contributed by atoms with Crippen LogP contribution in [0.4, 0.5) is 4.39 Å². The number of aromatic nitrogens is 2. The van der Waals surface area contributed by atoms with Crippen molar-refractivity contribution in [2.45, 2.75) is 52.1 Å². The van der Waals surface area contributed by atoms with E-state index in [1.807, 2.05) is 0 Å². The van der Waals surface area contributed by atoms with Gasteiger partial charge in [-0.2, -0.15) is 5.10 Å². The molecule has 1 atom stereocenters. The monoisotopic (exact) mass is 373 g/mol. The highest BCUT2D eigenvalue weighted by molar-refractivity contribution is 5.92.